The van der Waals surface area contributed by atoms with Crippen LogP contribution in [-0.4, -0.2) is 38.5 Å². The van der Waals surface area contributed by atoms with E-state index in [-0.39, 0.29) is 17.8 Å². The number of rotatable bonds is 3. The minimum absolute atomic E-state index is 0.0669. The van der Waals surface area contributed by atoms with Gasteiger partial charge in [-0.05, 0) is 25.2 Å². The van der Waals surface area contributed by atoms with Gasteiger partial charge in [0.15, 0.2) is 11.4 Å². The van der Waals surface area contributed by atoms with E-state index in [2.05, 4.69) is 5.32 Å². The van der Waals surface area contributed by atoms with E-state index in [1.54, 1.807) is 4.90 Å². The lowest BCUT2D eigenvalue weighted by atomic mass is 9.87. The molecule has 5 rings (SSSR count). The highest BCUT2D eigenvalue weighted by Gasteiger charge is 2.49. The van der Waals surface area contributed by atoms with Crippen molar-refractivity contribution in [2.45, 2.75) is 50.9 Å². The van der Waals surface area contributed by atoms with Gasteiger partial charge in [0.2, 0.25) is 5.43 Å². The molecular weight excluding hydrogens is 427 g/mol. The quantitative estimate of drug-likeness (QED) is 0.756. The number of halogens is 3. The van der Waals surface area contributed by atoms with E-state index in [9.17, 15) is 32.7 Å². The zero-order chi connectivity index (χ0) is 22.7. The number of benzene rings is 1. The lowest BCUT2D eigenvalue weighted by molar-refractivity contribution is 0.0568. The molecule has 0 spiro atoms. The molecule has 1 aromatic carbocycles. The molecule has 2 aromatic rings. The molecule has 3 aliphatic rings. The van der Waals surface area contributed by atoms with Gasteiger partial charge in [0, 0.05) is 43.0 Å². The molecule has 2 amide bonds. The number of nitrogens with zero attached hydrogens (tertiary/aromatic N) is 2. The van der Waals surface area contributed by atoms with E-state index in [1.807, 2.05) is 0 Å². The fraction of sp³-hybridized carbons (Fsp3) is 0.409. The van der Waals surface area contributed by atoms with Crippen molar-refractivity contribution in [2.75, 3.05) is 0 Å². The number of fused-ring (bicyclic) bond motifs is 6. The first-order valence-electron chi connectivity index (χ1n) is 10.5. The molecule has 2 bridgehead atoms. The van der Waals surface area contributed by atoms with Crippen molar-refractivity contribution in [3.05, 3.63) is 62.8 Å². The van der Waals surface area contributed by atoms with Crippen LogP contribution in [0.1, 0.15) is 52.1 Å². The Balaban J connectivity index is 1.45. The Morgan fingerprint density at radius 2 is 1.88 bits per heavy atom. The summed E-state index contributed by atoms with van der Waals surface area (Å²) in [6.07, 6.45) is 4.99. The SMILES string of the molecule is O=C(NCc1c(F)cc(F)cc1F)c1cn2c(c(O)c1=O)C(=O)N1C3CCCC(C3)C1C2. The molecule has 1 saturated carbocycles. The summed E-state index contributed by atoms with van der Waals surface area (Å²) in [6.45, 7) is -0.282. The maximum atomic E-state index is 13.8. The lowest BCUT2D eigenvalue weighted by Gasteiger charge is -2.36. The predicted molar refractivity (Wildman–Crippen MR) is 106 cm³/mol. The zero-order valence-corrected chi connectivity index (χ0v) is 16.9. The second kappa shape index (κ2) is 7.39. The largest absolute Gasteiger partial charge is 0.503 e. The second-order valence-corrected chi connectivity index (χ2v) is 8.61. The number of nitrogens with one attached hydrogen (secondary N) is 1. The van der Waals surface area contributed by atoms with Gasteiger partial charge in [-0.25, -0.2) is 13.2 Å². The van der Waals surface area contributed by atoms with Crippen LogP contribution in [0.4, 0.5) is 13.2 Å². The maximum absolute atomic E-state index is 13.8. The molecule has 7 nitrogen and oxygen atoms in total. The fourth-order valence-electron chi connectivity index (χ4n) is 5.36. The Labute approximate surface area is 180 Å². The molecule has 2 aliphatic heterocycles. The summed E-state index contributed by atoms with van der Waals surface area (Å²) < 4.78 is 42.1. The Kier molecular flexibility index (Phi) is 4.75. The average molecular weight is 447 g/mol. The highest BCUT2D eigenvalue weighted by Crippen LogP contribution is 2.44. The first-order valence-corrected chi connectivity index (χ1v) is 10.5. The topological polar surface area (TPSA) is 91.6 Å². The standard InChI is InChI=1S/C22H20F3N3O4/c23-11-5-15(24)13(16(25)6-11)7-26-21(31)14-8-27-9-17-10-2-1-3-12(4-10)28(17)22(32)18(27)20(30)19(14)29/h5-6,8,10,12,17,30H,1-4,7,9H2,(H,26,31). The predicted octanol–water partition coefficient (Wildman–Crippen LogP) is 2.30. The molecule has 1 saturated heterocycles. The van der Waals surface area contributed by atoms with Crippen LogP contribution < -0.4 is 10.7 Å². The van der Waals surface area contributed by atoms with Gasteiger partial charge in [0.1, 0.15) is 23.0 Å². The normalized spacial score (nSPS) is 23.7. The van der Waals surface area contributed by atoms with Crippen LogP contribution in [0.3, 0.4) is 0 Å². The van der Waals surface area contributed by atoms with Crippen molar-refractivity contribution in [1.82, 2.24) is 14.8 Å². The van der Waals surface area contributed by atoms with Gasteiger partial charge in [0.25, 0.3) is 11.8 Å². The van der Waals surface area contributed by atoms with Crippen molar-refractivity contribution < 1.29 is 27.9 Å². The number of carbonyl (C=O) groups is 2. The van der Waals surface area contributed by atoms with E-state index in [0.29, 0.717) is 24.6 Å². The van der Waals surface area contributed by atoms with E-state index >= 15 is 0 Å². The van der Waals surface area contributed by atoms with Crippen molar-refractivity contribution in [3.8, 4) is 5.75 Å². The number of aromatic nitrogens is 1. The van der Waals surface area contributed by atoms with E-state index < -0.39 is 58.1 Å². The molecule has 32 heavy (non-hydrogen) atoms. The summed E-state index contributed by atoms with van der Waals surface area (Å²) in [5.74, 6) is -5.33. The smallest absolute Gasteiger partial charge is 0.275 e. The monoisotopic (exact) mass is 447 g/mol. The molecule has 3 unspecified atom stereocenters. The minimum atomic E-state index is -1.18. The molecule has 2 fully saturated rings. The van der Waals surface area contributed by atoms with Gasteiger partial charge in [-0.3, -0.25) is 14.4 Å². The highest BCUT2D eigenvalue weighted by atomic mass is 19.1. The molecule has 168 valence electrons. The lowest BCUT2D eigenvalue weighted by Crippen LogP contribution is -2.49. The molecule has 3 heterocycles. The molecule has 3 atom stereocenters. The van der Waals surface area contributed by atoms with Gasteiger partial charge in [-0.2, -0.15) is 0 Å². The molecule has 2 N–H and O–H groups in total. The maximum Gasteiger partial charge on any atom is 0.275 e. The number of pyridine rings is 1. The number of amides is 2. The summed E-state index contributed by atoms with van der Waals surface area (Å²) in [5.41, 5.74) is -2.20. The van der Waals surface area contributed by atoms with Gasteiger partial charge in [-0.15, -0.1) is 0 Å². The van der Waals surface area contributed by atoms with Gasteiger partial charge < -0.3 is 19.9 Å². The van der Waals surface area contributed by atoms with E-state index in [4.69, 9.17) is 0 Å². The van der Waals surface area contributed by atoms with Gasteiger partial charge in [0.05, 0.1) is 6.04 Å². The van der Waals surface area contributed by atoms with Crippen molar-refractivity contribution >= 4 is 11.8 Å². The van der Waals surface area contributed by atoms with Crippen LogP contribution in [0.15, 0.2) is 23.1 Å². The average Bonchev–Trinajstić information content (AvgIpc) is 2.99. The Hall–Kier alpha value is -3.30. The van der Waals surface area contributed by atoms with E-state index in [0.717, 1.165) is 25.7 Å². The minimum Gasteiger partial charge on any atom is -0.503 e. The fourth-order valence-corrected chi connectivity index (χ4v) is 5.36. The van der Waals surface area contributed by atoms with E-state index in [1.165, 1.54) is 10.8 Å². The first kappa shape index (κ1) is 20.6. The summed E-state index contributed by atoms with van der Waals surface area (Å²) in [4.78, 5) is 40.1. The summed E-state index contributed by atoms with van der Waals surface area (Å²) in [7, 11) is 0. The molecule has 1 aliphatic carbocycles. The van der Waals surface area contributed by atoms with Crippen molar-refractivity contribution in [2.24, 2.45) is 5.92 Å². The second-order valence-electron chi connectivity index (χ2n) is 8.61. The first-order chi connectivity index (χ1) is 15.3. The van der Waals surface area contributed by atoms with Crippen LogP contribution in [0.5, 0.6) is 5.75 Å². The van der Waals surface area contributed by atoms with Gasteiger partial charge in [-0.1, -0.05) is 6.42 Å². The molecular formula is C22H20F3N3O4. The Morgan fingerprint density at radius 1 is 1.16 bits per heavy atom. The van der Waals surface area contributed by atoms with Crippen LogP contribution >= 0.6 is 0 Å². The summed E-state index contributed by atoms with van der Waals surface area (Å²) in [5, 5.41) is 12.7. The van der Waals surface area contributed by atoms with Crippen molar-refractivity contribution in [1.29, 1.82) is 0 Å². The summed E-state index contributed by atoms with van der Waals surface area (Å²) in [6, 6.07) is 1.000. The third-order valence-corrected chi connectivity index (χ3v) is 6.84. The molecule has 0 radical (unpaired) electrons. The van der Waals surface area contributed by atoms with Crippen LogP contribution in [0, 0.1) is 23.4 Å². The van der Waals surface area contributed by atoms with Crippen LogP contribution in [0.2, 0.25) is 0 Å². The Morgan fingerprint density at radius 3 is 2.59 bits per heavy atom. The Bertz CT molecular complexity index is 1190. The molecule has 1 aromatic heterocycles. The third kappa shape index (κ3) is 3.08. The number of carbonyl (C=O) groups excluding carboxylic acids is 2. The highest BCUT2D eigenvalue weighted by molar-refractivity contribution is 5.99. The van der Waals surface area contributed by atoms with Crippen LogP contribution in [-0.2, 0) is 13.1 Å². The number of aromatic hydroxyl groups is 1. The summed E-state index contributed by atoms with van der Waals surface area (Å²) >= 11 is 0. The number of hydrogen-bond donors (Lipinski definition) is 2. The number of hydrogen-bond acceptors (Lipinski definition) is 4. The van der Waals surface area contributed by atoms with Crippen molar-refractivity contribution in [3.63, 3.8) is 0 Å². The zero-order valence-electron chi connectivity index (χ0n) is 16.9. The molecule has 10 heteroatoms. The van der Waals surface area contributed by atoms with Crippen LogP contribution in [0.25, 0.3) is 0 Å². The third-order valence-electron chi connectivity index (χ3n) is 6.84. The van der Waals surface area contributed by atoms with Gasteiger partial charge >= 0.3 is 0 Å².